The van der Waals surface area contributed by atoms with Crippen molar-refractivity contribution in [2.75, 3.05) is 0 Å². The van der Waals surface area contributed by atoms with E-state index in [1.54, 1.807) is 19.1 Å². The lowest BCUT2D eigenvalue weighted by atomic mass is 9.86. The van der Waals surface area contributed by atoms with Crippen molar-refractivity contribution in [2.24, 2.45) is 0 Å². The normalized spacial score (nSPS) is 16.7. The van der Waals surface area contributed by atoms with E-state index >= 15 is 4.39 Å². The lowest BCUT2D eigenvalue weighted by Crippen LogP contribution is -2.20. The molecule has 1 unspecified atom stereocenters. The number of aliphatic carboxylic acids is 1. The predicted octanol–water partition coefficient (Wildman–Crippen LogP) is 6.06. The molecule has 1 heterocycles. The van der Waals surface area contributed by atoms with Crippen molar-refractivity contribution in [3.63, 3.8) is 0 Å². The van der Waals surface area contributed by atoms with Gasteiger partial charge < -0.3 is 9.84 Å². The summed E-state index contributed by atoms with van der Waals surface area (Å²) >= 11 is 0. The first-order valence-corrected chi connectivity index (χ1v) is 10.0. The van der Waals surface area contributed by atoms with Crippen LogP contribution in [0.3, 0.4) is 0 Å². The molecule has 0 aliphatic carbocycles. The minimum atomic E-state index is -1.09. The average Bonchev–Trinajstić information content (AvgIpc) is 2.67. The lowest BCUT2D eigenvalue weighted by Gasteiger charge is -2.25. The highest BCUT2D eigenvalue weighted by atomic mass is 19.1. The molecule has 2 aromatic rings. The Kier molecular flexibility index (Phi) is 6.36. The van der Waals surface area contributed by atoms with Crippen molar-refractivity contribution in [1.29, 1.82) is 0 Å². The second kappa shape index (κ2) is 8.76. The minimum absolute atomic E-state index is 0.105. The van der Waals surface area contributed by atoms with Crippen molar-refractivity contribution in [2.45, 2.75) is 59.0 Å². The second-order valence-electron chi connectivity index (χ2n) is 7.60. The third kappa shape index (κ3) is 4.34. The number of ether oxygens (including phenoxy) is 1. The van der Waals surface area contributed by atoms with E-state index in [-0.39, 0.29) is 23.0 Å². The minimum Gasteiger partial charge on any atom is -0.487 e. The maximum Gasteiger partial charge on any atom is 0.332 e. The molecule has 1 N–H and O–H groups in total. The van der Waals surface area contributed by atoms with Crippen LogP contribution in [0.5, 0.6) is 5.75 Å². The van der Waals surface area contributed by atoms with Gasteiger partial charge >= 0.3 is 5.97 Å². The first kappa shape index (κ1) is 21.0. The van der Waals surface area contributed by atoms with Crippen LogP contribution in [-0.2, 0) is 11.2 Å². The zero-order chi connectivity index (χ0) is 21.1. The Morgan fingerprint density at radius 3 is 2.59 bits per heavy atom. The number of rotatable bonds is 6. The second-order valence-corrected chi connectivity index (χ2v) is 7.60. The smallest absolute Gasteiger partial charge is 0.332 e. The van der Waals surface area contributed by atoms with Gasteiger partial charge in [-0.1, -0.05) is 31.5 Å². The van der Waals surface area contributed by atoms with E-state index < -0.39 is 17.6 Å². The van der Waals surface area contributed by atoms with E-state index in [1.807, 2.05) is 13.8 Å². The van der Waals surface area contributed by atoms with Gasteiger partial charge in [0.1, 0.15) is 5.82 Å². The Bertz CT molecular complexity index is 963. The van der Waals surface area contributed by atoms with Crippen molar-refractivity contribution in [1.82, 2.24) is 0 Å². The van der Waals surface area contributed by atoms with Gasteiger partial charge in [-0.3, -0.25) is 0 Å². The van der Waals surface area contributed by atoms with Crippen LogP contribution in [0.1, 0.15) is 61.8 Å². The lowest BCUT2D eigenvalue weighted by molar-refractivity contribution is -0.132. The van der Waals surface area contributed by atoms with E-state index in [0.717, 1.165) is 18.4 Å². The number of unbranched alkanes of at least 4 members (excludes halogenated alkanes) is 1. The molecule has 0 radical (unpaired) electrons. The number of hydrogen-bond donors (Lipinski definition) is 1. The molecule has 0 saturated carbocycles. The fraction of sp³-hybridized carbons (Fsp3) is 0.375. The maximum absolute atomic E-state index is 15.6. The first-order chi connectivity index (χ1) is 13.8. The summed E-state index contributed by atoms with van der Waals surface area (Å²) in [5.74, 6) is -1.87. The number of aryl methyl sites for hydroxylation is 2. The molecule has 0 aromatic heterocycles. The van der Waals surface area contributed by atoms with Crippen LogP contribution in [0.25, 0.3) is 5.57 Å². The summed E-state index contributed by atoms with van der Waals surface area (Å²) in [5, 5.41) is 9.92. The molecule has 0 spiro atoms. The van der Waals surface area contributed by atoms with E-state index in [2.05, 4.69) is 0 Å². The van der Waals surface area contributed by atoms with Gasteiger partial charge in [-0.05, 0) is 68.4 Å². The van der Waals surface area contributed by atoms with Crippen molar-refractivity contribution < 1.29 is 23.4 Å². The molecule has 0 fully saturated rings. The number of halogens is 2. The molecule has 1 aliphatic rings. The van der Waals surface area contributed by atoms with E-state index in [9.17, 15) is 14.3 Å². The number of carboxylic acids is 1. The highest BCUT2D eigenvalue weighted by molar-refractivity contribution is 6.01. The van der Waals surface area contributed by atoms with E-state index in [1.165, 1.54) is 18.2 Å². The standard InChI is InChI=1S/C24H26F2O3/c1-4-5-6-20(24(27)28)21(18-12-10-17(25)13-14(18)2)19-11-9-16-8-7-15(3)29-23(16)22(19)26/h9-13,15H,4-8H2,1-3H3,(H,27,28)/b21-20-. The van der Waals surface area contributed by atoms with Crippen LogP contribution in [-0.4, -0.2) is 17.2 Å². The Hall–Kier alpha value is -2.69. The molecule has 5 heteroatoms. The molecule has 154 valence electrons. The van der Waals surface area contributed by atoms with Crippen LogP contribution in [0.15, 0.2) is 35.9 Å². The van der Waals surface area contributed by atoms with Crippen molar-refractivity contribution in [3.8, 4) is 5.75 Å². The van der Waals surface area contributed by atoms with Gasteiger partial charge in [-0.15, -0.1) is 0 Å². The largest absolute Gasteiger partial charge is 0.487 e. The Morgan fingerprint density at radius 2 is 1.93 bits per heavy atom. The van der Waals surface area contributed by atoms with Crippen molar-refractivity contribution >= 4 is 11.5 Å². The number of fused-ring (bicyclic) bond motifs is 1. The Labute approximate surface area is 170 Å². The molecular weight excluding hydrogens is 374 g/mol. The Balaban J connectivity index is 2.29. The molecule has 29 heavy (non-hydrogen) atoms. The first-order valence-electron chi connectivity index (χ1n) is 10.0. The zero-order valence-corrected chi connectivity index (χ0v) is 17.0. The SMILES string of the molecule is CCCC/C(C(=O)O)=C(\c1ccc(F)cc1C)c1ccc2c(c1F)OC(C)CC2. The number of carboxylic acid groups (broad SMARTS) is 1. The van der Waals surface area contributed by atoms with Crippen LogP contribution in [0, 0.1) is 18.6 Å². The van der Waals surface area contributed by atoms with E-state index in [0.29, 0.717) is 36.0 Å². The summed E-state index contributed by atoms with van der Waals surface area (Å²) in [7, 11) is 0. The summed E-state index contributed by atoms with van der Waals surface area (Å²) in [6.07, 6.45) is 3.18. The number of benzene rings is 2. The van der Waals surface area contributed by atoms with Gasteiger partial charge in [0, 0.05) is 16.7 Å². The van der Waals surface area contributed by atoms with Gasteiger partial charge in [0.15, 0.2) is 11.6 Å². The molecular formula is C24H26F2O3. The molecule has 3 rings (SSSR count). The predicted molar refractivity (Wildman–Crippen MR) is 109 cm³/mol. The number of carbonyl (C=O) groups is 1. The van der Waals surface area contributed by atoms with Crippen molar-refractivity contribution in [3.05, 3.63) is 69.8 Å². The maximum atomic E-state index is 15.6. The van der Waals surface area contributed by atoms with Gasteiger partial charge in [-0.25, -0.2) is 13.6 Å². The monoisotopic (exact) mass is 400 g/mol. The molecule has 1 atom stereocenters. The highest BCUT2D eigenvalue weighted by Gasteiger charge is 2.27. The van der Waals surface area contributed by atoms with Gasteiger partial charge in [0.25, 0.3) is 0 Å². The van der Waals surface area contributed by atoms with E-state index in [4.69, 9.17) is 4.74 Å². The fourth-order valence-corrected chi connectivity index (χ4v) is 3.80. The highest BCUT2D eigenvalue weighted by Crippen LogP contribution is 2.39. The third-order valence-corrected chi connectivity index (χ3v) is 5.39. The summed E-state index contributed by atoms with van der Waals surface area (Å²) < 4.78 is 35.0. The third-order valence-electron chi connectivity index (χ3n) is 5.39. The van der Waals surface area contributed by atoms with Crippen LogP contribution >= 0.6 is 0 Å². The summed E-state index contributed by atoms with van der Waals surface area (Å²) in [5.41, 5.74) is 2.46. The van der Waals surface area contributed by atoms with Gasteiger partial charge in [0.2, 0.25) is 0 Å². The molecule has 3 nitrogen and oxygen atoms in total. The summed E-state index contributed by atoms with van der Waals surface area (Å²) in [6.45, 7) is 5.56. The van der Waals surface area contributed by atoms with Crippen LogP contribution < -0.4 is 4.74 Å². The number of hydrogen-bond acceptors (Lipinski definition) is 2. The molecule has 0 bridgehead atoms. The quantitative estimate of drug-likeness (QED) is 0.599. The summed E-state index contributed by atoms with van der Waals surface area (Å²) in [4.78, 5) is 12.1. The van der Waals surface area contributed by atoms with Crippen LogP contribution in [0.2, 0.25) is 0 Å². The molecule has 0 saturated heterocycles. The average molecular weight is 400 g/mol. The van der Waals surface area contributed by atoms with Gasteiger partial charge in [0.05, 0.1) is 6.10 Å². The van der Waals surface area contributed by atoms with Crippen LogP contribution in [0.4, 0.5) is 8.78 Å². The topological polar surface area (TPSA) is 46.5 Å². The summed E-state index contributed by atoms with van der Waals surface area (Å²) in [6, 6.07) is 7.57. The van der Waals surface area contributed by atoms with Gasteiger partial charge in [-0.2, -0.15) is 0 Å². The molecule has 2 aromatic carbocycles. The zero-order valence-electron chi connectivity index (χ0n) is 17.0. The molecule has 1 aliphatic heterocycles. The fourth-order valence-electron chi connectivity index (χ4n) is 3.80. The molecule has 0 amide bonds. The Morgan fingerprint density at radius 1 is 1.21 bits per heavy atom.